The molecule has 5 heteroatoms. The molecule has 3 rings (SSSR count). The molecule has 28 heavy (non-hydrogen) atoms. The van der Waals surface area contributed by atoms with Crippen LogP contribution in [0.1, 0.15) is 27.8 Å². The molecule has 0 unspecified atom stereocenters. The van der Waals surface area contributed by atoms with Crippen LogP contribution in [0.4, 0.5) is 0 Å². The van der Waals surface area contributed by atoms with Gasteiger partial charge in [-0.1, -0.05) is 17.7 Å². The monoisotopic (exact) mass is 504 g/mol. The van der Waals surface area contributed by atoms with Crippen LogP contribution in [0.5, 0.6) is 28.7 Å². The second-order valence-electron chi connectivity index (χ2n) is 7.05. The van der Waals surface area contributed by atoms with Crippen molar-refractivity contribution < 1.29 is 14.6 Å². The Labute approximate surface area is 182 Å². The van der Waals surface area contributed by atoms with Gasteiger partial charge in [0.05, 0.1) is 8.95 Å². The lowest BCUT2D eigenvalue weighted by Gasteiger charge is -2.16. The fourth-order valence-corrected chi connectivity index (χ4v) is 4.54. The molecular formula is C23H22Br2O3. The number of hydrogen-bond donors (Lipinski definition) is 1. The molecule has 3 aromatic rings. The molecule has 3 nitrogen and oxygen atoms in total. The highest BCUT2D eigenvalue weighted by atomic mass is 79.9. The van der Waals surface area contributed by atoms with E-state index in [0.29, 0.717) is 17.2 Å². The van der Waals surface area contributed by atoms with Gasteiger partial charge in [-0.3, -0.25) is 0 Å². The van der Waals surface area contributed by atoms with Crippen molar-refractivity contribution in [2.75, 3.05) is 0 Å². The lowest BCUT2D eigenvalue weighted by Crippen LogP contribution is -1.94. The normalized spacial score (nSPS) is 10.8. The van der Waals surface area contributed by atoms with Gasteiger partial charge in [0.15, 0.2) is 5.75 Å². The zero-order valence-corrected chi connectivity index (χ0v) is 19.7. The van der Waals surface area contributed by atoms with E-state index in [0.717, 1.165) is 36.9 Å². The van der Waals surface area contributed by atoms with E-state index >= 15 is 0 Å². The molecule has 0 aliphatic rings. The third-order valence-corrected chi connectivity index (χ3v) is 5.66. The summed E-state index contributed by atoms with van der Waals surface area (Å²) in [5.41, 5.74) is 4.95. The molecule has 1 N–H and O–H groups in total. The largest absolute Gasteiger partial charge is 0.507 e. The number of aryl methyl sites for hydroxylation is 5. The van der Waals surface area contributed by atoms with Crippen LogP contribution < -0.4 is 9.47 Å². The minimum atomic E-state index is 0.290. The van der Waals surface area contributed by atoms with Crippen LogP contribution in [0.3, 0.4) is 0 Å². The van der Waals surface area contributed by atoms with E-state index in [1.807, 2.05) is 52.0 Å². The molecule has 0 fully saturated rings. The molecule has 0 aliphatic heterocycles. The molecule has 0 heterocycles. The molecule has 0 spiro atoms. The molecule has 0 aromatic heterocycles. The number of benzene rings is 3. The molecule has 3 aromatic carbocycles. The smallest absolute Gasteiger partial charge is 0.156 e. The first kappa shape index (κ1) is 20.7. The van der Waals surface area contributed by atoms with Crippen molar-refractivity contribution in [1.82, 2.24) is 0 Å². The van der Waals surface area contributed by atoms with Crippen molar-refractivity contribution in [3.63, 3.8) is 0 Å². The van der Waals surface area contributed by atoms with Crippen molar-refractivity contribution in [2.45, 2.75) is 34.6 Å². The molecule has 0 saturated carbocycles. The van der Waals surface area contributed by atoms with E-state index in [1.165, 1.54) is 5.56 Å². The van der Waals surface area contributed by atoms with Gasteiger partial charge in [0.25, 0.3) is 0 Å². The summed E-state index contributed by atoms with van der Waals surface area (Å²) in [5.74, 6) is 3.17. The molecule has 0 atom stereocenters. The number of halogens is 2. The van der Waals surface area contributed by atoms with Crippen LogP contribution in [0.15, 0.2) is 45.3 Å². The summed E-state index contributed by atoms with van der Waals surface area (Å²) in [6, 6.07) is 11.6. The van der Waals surface area contributed by atoms with Gasteiger partial charge in [0.1, 0.15) is 23.0 Å². The molecular weight excluding hydrogens is 484 g/mol. The quantitative estimate of drug-likeness (QED) is 0.389. The first-order chi connectivity index (χ1) is 13.2. The van der Waals surface area contributed by atoms with Crippen molar-refractivity contribution in [3.8, 4) is 28.7 Å². The average Bonchev–Trinajstić information content (AvgIpc) is 2.59. The Morgan fingerprint density at radius 3 is 1.54 bits per heavy atom. The zero-order valence-electron chi connectivity index (χ0n) is 16.5. The second-order valence-corrected chi connectivity index (χ2v) is 8.76. The Morgan fingerprint density at radius 1 is 0.607 bits per heavy atom. The predicted molar refractivity (Wildman–Crippen MR) is 120 cm³/mol. The SMILES string of the molecule is Cc1cc(C)c(Oc2cc(Br)c(Oc3cc(C)c(O)c(C)c3)c(Br)c2)c(C)c1. The summed E-state index contributed by atoms with van der Waals surface area (Å²) in [5, 5.41) is 9.95. The molecule has 146 valence electrons. The number of phenols is 1. The van der Waals surface area contributed by atoms with Gasteiger partial charge >= 0.3 is 0 Å². The predicted octanol–water partition coefficient (Wildman–Crippen LogP) is 8.04. The van der Waals surface area contributed by atoms with Gasteiger partial charge < -0.3 is 14.6 Å². The van der Waals surface area contributed by atoms with Crippen LogP contribution in [-0.4, -0.2) is 5.11 Å². The van der Waals surface area contributed by atoms with Crippen LogP contribution in [0.2, 0.25) is 0 Å². The number of aromatic hydroxyl groups is 1. The lowest BCUT2D eigenvalue weighted by atomic mass is 10.1. The van der Waals surface area contributed by atoms with Crippen LogP contribution >= 0.6 is 31.9 Å². The topological polar surface area (TPSA) is 38.7 Å². The minimum Gasteiger partial charge on any atom is -0.507 e. The first-order valence-corrected chi connectivity index (χ1v) is 10.5. The Morgan fingerprint density at radius 2 is 1.04 bits per heavy atom. The number of rotatable bonds is 4. The number of hydrogen-bond acceptors (Lipinski definition) is 3. The van der Waals surface area contributed by atoms with E-state index in [4.69, 9.17) is 9.47 Å². The maximum absolute atomic E-state index is 9.95. The van der Waals surface area contributed by atoms with Crippen LogP contribution in [0, 0.1) is 34.6 Å². The van der Waals surface area contributed by atoms with Gasteiger partial charge in [0, 0.05) is 0 Å². The summed E-state index contributed by atoms with van der Waals surface area (Å²) >= 11 is 7.17. The molecule has 0 amide bonds. The van der Waals surface area contributed by atoms with Gasteiger partial charge in [0.2, 0.25) is 0 Å². The van der Waals surface area contributed by atoms with E-state index in [-0.39, 0.29) is 5.75 Å². The molecule has 0 bridgehead atoms. The van der Waals surface area contributed by atoms with Crippen molar-refractivity contribution >= 4 is 31.9 Å². The Bertz CT molecular complexity index is 989. The summed E-state index contributed by atoms with van der Waals surface area (Å²) in [6.07, 6.45) is 0. The maximum Gasteiger partial charge on any atom is 0.156 e. The first-order valence-electron chi connectivity index (χ1n) is 8.88. The van der Waals surface area contributed by atoms with E-state index in [2.05, 4.69) is 50.9 Å². The Hall–Kier alpha value is -1.98. The van der Waals surface area contributed by atoms with Crippen molar-refractivity contribution in [2.24, 2.45) is 0 Å². The molecule has 0 saturated heterocycles. The fraction of sp³-hybridized carbons (Fsp3) is 0.217. The van der Waals surface area contributed by atoms with Crippen molar-refractivity contribution in [1.29, 1.82) is 0 Å². The molecule has 0 aliphatic carbocycles. The lowest BCUT2D eigenvalue weighted by molar-refractivity contribution is 0.451. The van der Waals surface area contributed by atoms with Crippen LogP contribution in [-0.2, 0) is 0 Å². The zero-order chi connectivity index (χ0) is 20.6. The number of ether oxygens (including phenoxy) is 2. The number of phenolic OH excluding ortho intramolecular Hbond substituents is 1. The maximum atomic E-state index is 9.95. The standard InChI is InChI=1S/C23H22Br2O3/c1-12-6-15(4)22(16(5)7-12)27-18-10-19(24)23(20(25)11-18)28-17-8-13(2)21(26)14(3)9-17/h6-11,26H,1-5H3. The van der Waals surface area contributed by atoms with Crippen LogP contribution in [0.25, 0.3) is 0 Å². The summed E-state index contributed by atoms with van der Waals surface area (Å²) in [6.45, 7) is 9.87. The van der Waals surface area contributed by atoms with Gasteiger partial charge in [-0.2, -0.15) is 0 Å². The minimum absolute atomic E-state index is 0.290. The van der Waals surface area contributed by atoms with Gasteiger partial charge in [-0.25, -0.2) is 0 Å². The van der Waals surface area contributed by atoms with Gasteiger partial charge in [-0.05, 0) is 113 Å². The van der Waals surface area contributed by atoms with E-state index in [1.54, 1.807) is 0 Å². The van der Waals surface area contributed by atoms with Gasteiger partial charge in [-0.15, -0.1) is 0 Å². The van der Waals surface area contributed by atoms with Crippen molar-refractivity contribution in [3.05, 3.63) is 73.2 Å². The molecule has 0 radical (unpaired) electrons. The highest BCUT2D eigenvalue weighted by Gasteiger charge is 2.14. The summed E-state index contributed by atoms with van der Waals surface area (Å²) < 4.78 is 13.8. The summed E-state index contributed by atoms with van der Waals surface area (Å²) in [7, 11) is 0. The van der Waals surface area contributed by atoms with E-state index in [9.17, 15) is 5.11 Å². The Kier molecular flexibility index (Phi) is 6.06. The third-order valence-electron chi connectivity index (χ3n) is 4.48. The fourth-order valence-electron chi connectivity index (χ4n) is 3.23. The highest BCUT2D eigenvalue weighted by molar-refractivity contribution is 9.11. The van der Waals surface area contributed by atoms with E-state index < -0.39 is 0 Å². The second kappa shape index (κ2) is 8.18. The summed E-state index contributed by atoms with van der Waals surface area (Å²) in [4.78, 5) is 0. The third kappa shape index (κ3) is 4.36. The average molecular weight is 506 g/mol. The Balaban J connectivity index is 1.92. The highest BCUT2D eigenvalue weighted by Crippen LogP contribution is 2.42.